The molecule has 0 aliphatic heterocycles. The van der Waals surface area contributed by atoms with Crippen LogP contribution in [-0.2, 0) is 16.0 Å². The van der Waals surface area contributed by atoms with Crippen LogP contribution in [0.3, 0.4) is 0 Å². The van der Waals surface area contributed by atoms with E-state index in [2.05, 4.69) is 9.97 Å². The summed E-state index contributed by atoms with van der Waals surface area (Å²) in [6, 6.07) is 5.52. The molecular formula is C14H13ClN2O2. The number of pyridine rings is 2. The van der Waals surface area contributed by atoms with E-state index in [9.17, 15) is 4.79 Å². The zero-order valence-corrected chi connectivity index (χ0v) is 11.2. The Balaban J connectivity index is 2.31. The van der Waals surface area contributed by atoms with Crippen molar-refractivity contribution in [2.24, 2.45) is 0 Å². The van der Waals surface area contributed by atoms with Gasteiger partial charge in [-0.1, -0.05) is 11.6 Å². The van der Waals surface area contributed by atoms with E-state index in [0.717, 1.165) is 11.1 Å². The van der Waals surface area contributed by atoms with Gasteiger partial charge in [0.25, 0.3) is 0 Å². The molecule has 0 unspecified atom stereocenters. The van der Waals surface area contributed by atoms with Crippen LogP contribution in [0.5, 0.6) is 0 Å². The molecule has 19 heavy (non-hydrogen) atoms. The van der Waals surface area contributed by atoms with E-state index in [4.69, 9.17) is 16.3 Å². The number of rotatable bonds is 4. The summed E-state index contributed by atoms with van der Waals surface area (Å²) in [6.45, 7) is 2.11. The van der Waals surface area contributed by atoms with Gasteiger partial charge in [-0.3, -0.25) is 14.8 Å². The molecule has 4 nitrogen and oxygen atoms in total. The Bertz CT molecular complexity index is 573. The van der Waals surface area contributed by atoms with Crippen LogP contribution < -0.4 is 0 Å². The molecule has 2 rings (SSSR count). The number of nitrogens with zero attached hydrogens (tertiary/aromatic N) is 2. The van der Waals surface area contributed by atoms with E-state index in [1.54, 1.807) is 25.5 Å². The highest BCUT2D eigenvalue weighted by Crippen LogP contribution is 2.29. The number of esters is 1. The zero-order chi connectivity index (χ0) is 13.7. The molecule has 0 N–H and O–H groups in total. The smallest absolute Gasteiger partial charge is 0.311 e. The third kappa shape index (κ3) is 3.29. The summed E-state index contributed by atoms with van der Waals surface area (Å²) >= 11 is 6.30. The first-order valence-corrected chi connectivity index (χ1v) is 6.29. The molecule has 0 amide bonds. The van der Waals surface area contributed by atoms with Crippen LogP contribution in [0.25, 0.3) is 11.1 Å². The maximum Gasteiger partial charge on any atom is 0.311 e. The number of hydrogen-bond acceptors (Lipinski definition) is 4. The predicted octanol–water partition coefficient (Wildman–Crippen LogP) is 2.90. The summed E-state index contributed by atoms with van der Waals surface area (Å²) in [6.07, 6.45) is 5.09. The third-order valence-electron chi connectivity index (χ3n) is 2.57. The number of ether oxygens (including phenoxy) is 1. The van der Waals surface area contributed by atoms with E-state index in [1.165, 1.54) is 0 Å². The van der Waals surface area contributed by atoms with E-state index in [-0.39, 0.29) is 12.4 Å². The average Bonchev–Trinajstić information content (AvgIpc) is 2.42. The molecule has 0 saturated carbocycles. The monoisotopic (exact) mass is 276 g/mol. The minimum Gasteiger partial charge on any atom is -0.466 e. The van der Waals surface area contributed by atoms with Gasteiger partial charge in [0.05, 0.1) is 23.7 Å². The van der Waals surface area contributed by atoms with Gasteiger partial charge in [0.15, 0.2) is 0 Å². The third-order valence-corrected chi connectivity index (χ3v) is 2.99. The standard InChI is InChI=1S/C14H13ClN2O2/c1-2-19-13(18)9-12-14(15)11(5-8-17-12)10-3-6-16-7-4-10/h3-8H,2,9H2,1H3. The first kappa shape index (κ1) is 13.5. The van der Waals surface area contributed by atoms with Gasteiger partial charge in [-0.05, 0) is 30.7 Å². The van der Waals surface area contributed by atoms with Crippen molar-refractivity contribution in [1.82, 2.24) is 9.97 Å². The van der Waals surface area contributed by atoms with E-state index < -0.39 is 0 Å². The maximum absolute atomic E-state index is 11.5. The minimum absolute atomic E-state index is 0.0750. The SMILES string of the molecule is CCOC(=O)Cc1nccc(-c2ccncc2)c1Cl. The first-order valence-electron chi connectivity index (χ1n) is 5.91. The molecule has 0 bridgehead atoms. The summed E-state index contributed by atoms with van der Waals surface area (Å²) in [7, 11) is 0. The molecule has 0 fully saturated rings. The number of aromatic nitrogens is 2. The molecule has 2 aromatic rings. The van der Waals surface area contributed by atoms with Gasteiger partial charge in [0.1, 0.15) is 0 Å². The fraction of sp³-hybridized carbons (Fsp3) is 0.214. The van der Waals surface area contributed by atoms with Crippen LogP contribution >= 0.6 is 11.6 Å². The molecule has 0 saturated heterocycles. The zero-order valence-electron chi connectivity index (χ0n) is 10.5. The van der Waals surface area contributed by atoms with Crippen LogP contribution in [0.1, 0.15) is 12.6 Å². The van der Waals surface area contributed by atoms with Crippen molar-refractivity contribution in [2.75, 3.05) is 6.61 Å². The average molecular weight is 277 g/mol. The fourth-order valence-electron chi connectivity index (χ4n) is 1.71. The largest absolute Gasteiger partial charge is 0.466 e. The molecule has 0 spiro atoms. The van der Waals surface area contributed by atoms with E-state index >= 15 is 0 Å². The van der Waals surface area contributed by atoms with Crippen LogP contribution in [0.2, 0.25) is 5.02 Å². The molecule has 98 valence electrons. The van der Waals surface area contributed by atoms with Gasteiger partial charge in [-0.25, -0.2) is 0 Å². The molecule has 0 radical (unpaired) electrons. The van der Waals surface area contributed by atoms with E-state index in [1.807, 2.05) is 18.2 Å². The Labute approximate surface area is 116 Å². The number of carbonyl (C=O) groups excluding carboxylic acids is 1. The molecule has 5 heteroatoms. The van der Waals surface area contributed by atoms with Gasteiger partial charge < -0.3 is 4.74 Å². The molecular weight excluding hydrogens is 264 g/mol. The lowest BCUT2D eigenvalue weighted by molar-refractivity contribution is -0.142. The lowest BCUT2D eigenvalue weighted by Gasteiger charge is -2.08. The van der Waals surface area contributed by atoms with Crippen LogP contribution in [-0.4, -0.2) is 22.5 Å². The Morgan fingerprint density at radius 1 is 1.26 bits per heavy atom. The van der Waals surface area contributed by atoms with Crippen molar-refractivity contribution in [3.05, 3.63) is 47.5 Å². The van der Waals surface area contributed by atoms with Crippen molar-refractivity contribution in [1.29, 1.82) is 0 Å². The molecule has 0 aliphatic carbocycles. The first-order chi connectivity index (χ1) is 9.22. The predicted molar refractivity (Wildman–Crippen MR) is 72.8 cm³/mol. The van der Waals surface area contributed by atoms with Crippen LogP contribution in [0.4, 0.5) is 0 Å². The highest BCUT2D eigenvalue weighted by molar-refractivity contribution is 6.34. The van der Waals surface area contributed by atoms with Crippen molar-refractivity contribution < 1.29 is 9.53 Å². The van der Waals surface area contributed by atoms with Crippen molar-refractivity contribution in [2.45, 2.75) is 13.3 Å². The summed E-state index contributed by atoms with van der Waals surface area (Å²) in [5.41, 5.74) is 2.29. The minimum atomic E-state index is -0.330. The Kier molecular flexibility index (Phi) is 4.47. The summed E-state index contributed by atoms with van der Waals surface area (Å²) in [5.74, 6) is -0.330. The second-order valence-corrected chi connectivity index (χ2v) is 4.21. The van der Waals surface area contributed by atoms with Crippen molar-refractivity contribution >= 4 is 17.6 Å². The van der Waals surface area contributed by atoms with Gasteiger partial charge in [-0.15, -0.1) is 0 Å². The Morgan fingerprint density at radius 2 is 2.00 bits per heavy atom. The second-order valence-electron chi connectivity index (χ2n) is 3.84. The number of hydrogen-bond donors (Lipinski definition) is 0. The van der Waals surface area contributed by atoms with Gasteiger partial charge in [-0.2, -0.15) is 0 Å². The summed E-state index contributed by atoms with van der Waals surface area (Å²) in [4.78, 5) is 19.6. The Hall–Kier alpha value is -1.94. The fourth-order valence-corrected chi connectivity index (χ4v) is 2.00. The highest BCUT2D eigenvalue weighted by Gasteiger charge is 2.13. The van der Waals surface area contributed by atoms with Crippen LogP contribution in [0.15, 0.2) is 36.8 Å². The van der Waals surface area contributed by atoms with Gasteiger partial charge in [0.2, 0.25) is 0 Å². The van der Waals surface area contributed by atoms with Gasteiger partial charge >= 0.3 is 5.97 Å². The molecule has 2 heterocycles. The quantitative estimate of drug-likeness (QED) is 0.806. The maximum atomic E-state index is 11.5. The summed E-state index contributed by atoms with van der Waals surface area (Å²) < 4.78 is 4.90. The second kappa shape index (κ2) is 6.29. The molecule has 2 aromatic heterocycles. The van der Waals surface area contributed by atoms with Crippen molar-refractivity contribution in [3.63, 3.8) is 0 Å². The molecule has 0 aromatic carbocycles. The van der Waals surface area contributed by atoms with Crippen LogP contribution in [0, 0.1) is 0 Å². The highest BCUT2D eigenvalue weighted by atomic mass is 35.5. The van der Waals surface area contributed by atoms with Crippen molar-refractivity contribution in [3.8, 4) is 11.1 Å². The lowest BCUT2D eigenvalue weighted by Crippen LogP contribution is -2.09. The normalized spacial score (nSPS) is 10.2. The molecule has 0 aliphatic rings. The topological polar surface area (TPSA) is 52.1 Å². The Morgan fingerprint density at radius 3 is 2.68 bits per heavy atom. The molecule has 0 atom stereocenters. The number of halogens is 1. The lowest BCUT2D eigenvalue weighted by atomic mass is 10.1. The van der Waals surface area contributed by atoms with E-state index in [0.29, 0.717) is 17.3 Å². The van der Waals surface area contributed by atoms with Gasteiger partial charge in [0, 0.05) is 24.2 Å². The number of carbonyl (C=O) groups is 1. The summed E-state index contributed by atoms with van der Waals surface area (Å²) in [5, 5.41) is 0.474.